The number of hydrogen-bond acceptors (Lipinski definition) is 6. The Bertz CT molecular complexity index is 1070. The van der Waals surface area contributed by atoms with Crippen LogP contribution in [-0.4, -0.2) is 18.4 Å². The van der Waals surface area contributed by atoms with Gasteiger partial charge >= 0.3 is 0 Å². The van der Waals surface area contributed by atoms with E-state index in [0.29, 0.717) is 22.4 Å². The molecule has 6 nitrogen and oxygen atoms in total. The van der Waals surface area contributed by atoms with Gasteiger partial charge in [0.1, 0.15) is 11.6 Å². The molecule has 0 fully saturated rings. The molecule has 0 bridgehead atoms. The van der Waals surface area contributed by atoms with Crippen molar-refractivity contribution in [1.82, 2.24) is 4.98 Å². The lowest BCUT2D eigenvalue weighted by molar-refractivity contribution is 0.414. The molecule has 1 unspecified atom stereocenters. The number of methoxy groups -OCH3 is 1. The molecule has 0 amide bonds. The molecule has 0 radical (unpaired) electrons. The fourth-order valence-electron chi connectivity index (χ4n) is 3.15. The van der Waals surface area contributed by atoms with Crippen LogP contribution in [0.15, 0.2) is 59.7 Å². The highest BCUT2D eigenvalue weighted by Gasteiger charge is 2.34. The first-order chi connectivity index (χ1) is 14.0. The van der Waals surface area contributed by atoms with E-state index in [1.807, 2.05) is 36.4 Å². The van der Waals surface area contributed by atoms with E-state index in [1.165, 1.54) is 0 Å². The summed E-state index contributed by atoms with van der Waals surface area (Å²) < 4.78 is 5.19. The molecule has 1 atom stereocenters. The van der Waals surface area contributed by atoms with Gasteiger partial charge in [0.05, 0.1) is 35.4 Å². The third kappa shape index (κ3) is 3.87. The minimum Gasteiger partial charge on any atom is -0.497 e. The zero-order valence-corrected chi connectivity index (χ0v) is 17.1. The van der Waals surface area contributed by atoms with Gasteiger partial charge in [0.2, 0.25) is 0 Å². The number of nitrogens with one attached hydrogen (secondary N) is 2. The summed E-state index contributed by atoms with van der Waals surface area (Å²) in [5.41, 5.74) is 9.01. The molecule has 1 aromatic heterocycles. The van der Waals surface area contributed by atoms with Gasteiger partial charge in [-0.05, 0) is 35.9 Å². The van der Waals surface area contributed by atoms with E-state index in [9.17, 15) is 0 Å². The molecule has 29 heavy (non-hydrogen) atoms. The van der Waals surface area contributed by atoms with E-state index in [1.54, 1.807) is 31.8 Å². The monoisotopic (exact) mass is 427 g/mol. The Morgan fingerprint density at radius 1 is 1.10 bits per heavy atom. The Hall–Kier alpha value is -2.80. The van der Waals surface area contributed by atoms with Crippen LogP contribution < -0.4 is 21.1 Å². The summed E-state index contributed by atoms with van der Waals surface area (Å²) in [5, 5.41) is 7.31. The summed E-state index contributed by atoms with van der Waals surface area (Å²) in [6, 6.07) is 15.0. The van der Waals surface area contributed by atoms with E-state index in [2.05, 4.69) is 20.6 Å². The molecule has 0 spiro atoms. The Kier molecular flexibility index (Phi) is 5.32. The number of rotatable bonds is 5. The summed E-state index contributed by atoms with van der Waals surface area (Å²) in [5.74, 6) is 1.51. The van der Waals surface area contributed by atoms with Crippen LogP contribution in [0.3, 0.4) is 0 Å². The Morgan fingerprint density at radius 3 is 2.62 bits per heavy atom. The number of anilines is 2. The van der Waals surface area contributed by atoms with Crippen molar-refractivity contribution in [2.75, 3.05) is 17.7 Å². The minimum absolute atomic E-state index is 0.427. The van der Waals surface area contributed by atoms with E-state index in [-0.39, 0.29) is 0 Å². The maximum Gasteiger partial charge on any atom is 0.163 e. The lowest BCUT2D eigenvalue weighted by Gasteiger charge is -2.31. The summed E-state index contributed by atoms with van der Waals surface area (Å²) in [6.45, 7) is 0.608. The molecule has 0 saturated carbocycles. The topological polar surface area (TPSA) is 84.6 Å². The zero-order valence-electron chi connectivity index (χ0n) is 15.6. The van der Waals surface area contributed by atoms with Crippen LogP contribution in [-0.2, 0) is 12.2 Å². The van der Waals surface area contributed by atoms with Crippen molar-refractivity contribution in [3.63, 3.8) is 0 Å². The lowest BCUT2D eigenvalue weighted by atomic mass is 9.91. The van der Waals surface area contributed by atoms with Crippen molar-refractivity contribution >= 4 is 41.0 Å². The summed E-state index contributed by atoms with van der Waals surface area (Å²) >= 11 is 12.3. The average molecular weight is 428 g/mol. The Labute approximate surface area is 178 Å². The fourth-order valence-corrected chi connectivity index (χ4v) is 3.45. The van der Waals surface area contributed by atoms with Crippen molar-refractivity contribution in [3.05, 3.63) is 81.5 Å². The summed E-state index contributed by atoms with van der Waals surface area (Å²) in [7, 11) is 1.65. The Balaban J connectivity index is 1.62. The maximum absolute atomic E-state index is 6.71. The van der Waals surface area contributed by atoms with Crippen LogP contribution in [0, 0.1) is 0 Å². The molecular weight excluding hydrogens is 409 g/mol. The number of pyridine rings is 1. The molecule has 3 aromatic rings. The zero-order chi connectivity index (χ0) is 20.4. The smallest absolute Gasteiger partial charge is 0.163 e. The predicted molar refractivity (Wildman–Crippen MR) is 118 cm³/mol. The number of nitrogens with two attached hydrogens (primary N) is 1. The van der Waals surface area contributed by atoms with Gasteiger partial charge in [0.15, 0.2) is 5.66 Å². The van der Waals surface area contributed by atoms with Crippen molar-refractivity contribution < 1.29 is 4.74 Å². The SMILES string of the molecule is COc1ccc(CNc2cc3c(cn2)NC=NC3(N)c2ccc(Cl)c(Cl)c2)cc1. The molecule has 4 N–H and O–H groups in total. The average Bonchev–Trinajstić information content (AvgIpc) is 2.75. The number of nitrogens with zero attached hydrogens (tertiary/aromatic N) is 2. The molecule has 1 aliphatic rings. The van der Waals surface area contributed by atoms with Crippen LogP contribution >= 0.6 is 23.2 Å². The number of hydrogen-bond donors (Lipinski definition) is 3. The summed E-state index contributed by atoms with van der Waals surface area (Å²) in [4.78, 5) is 8.96. The minimum atomic E-state index is -1.10. The van der Waals surface area contributed by atoms with Crippen molar-refractivity contribution in [2.24, 2.45) is 10.7 Å². The standard InChI is InChI=1S/C21H19Cl2N5O/c1-29-15-5-2-13(3-6-15)10-25-20-9-16-19(11-26-20)27-12-28-21(16,24)14-4-7-17(22)18(23)8-14/h2-9,11-12H,10,24H2,1H3,(H,25,26)(H,27,28). The van der Waals surface area contributed by atoms with Gasteiger partial charge in [-0.2, -0.15) is 0 Å². The second-order valence-electron chi connectivity index (χ2n) is 6.61. The van der Waals surface area contributed by atoms with Crippen molar-refractivity contribution in [1.29, 1.82) is 0 Å². The molecule has 2 aromatic carbocycles. The van der Waals surface area contributed by atoms with Gasteiger partial charge in [-0.25, -0.2) is 9.98 Å². The van der Waals surface area contributed by atoms with E-state index < -0.39 is 5.66 Å². The van der Waals surface area contributed by atoms with Crippen LogP contribution in [0.2, 0.25) is 10.0 Å². The molecule has 2 heterocycles. The lowest BCUT2D eigenvalue weighted by Crippen LogP contribution is -2.39. The van der Waals surface area contributed by atoms with Crippen molar-refractivity contribution in [2.45, 2.75) is 12.2 Å². The number of benzene rings is 2. The highest BCUT2D eigenvalue weighted by molar-refractivity contribution is 6.42. The van der Waals surface area contributed by atoms with Crippen LogP contribution in [0.4, 0.5) is 11.5 Å². The number of ether oxygens (including phenoxy) is 1. The molecule has 8 heteroatoms. The van der Waals surface area contributed by atoms with Crippen LogP contribution in [0.1, 0.15) is 16.7 Å². The van der Waals surface area contributed by atoms with E-state index in [0.717, 1.165) is 28.1 Å². The van der Waals surface area contributed by atoms with Crippen LogP contribution in [0.25, 0.3) is 0 Å². The first kappa shape index (κ1) is 19.5. The first-order valence-corrected chi connectivity index (χ1v) is 9.67. The summed E-state index contributed by atoms with van der Waals surface area (Å²) in [6.07, 6.45) is 3.30. The first-order valence-electron chi connectivity index (χ1n) is 8.91. The van der Waals surface area contributed by atoms with E-state index >= 15 is 0 Å². The maximum atomic E-state index is 6.71. The third-order valence-electron chi connectivity index (χ3n) is 4.80. The second kappa shape index (κ2) is 7.91. The van der Waals surface area contributed by atoms with Gasteiger partial charge in [-0.3, -0.25) is 5.73 Å². The predicted octanol–water partition coefficient (Wildman–Crippen LogP) is 4.62. The molecule has 4 rings (SSSR count). The molecular formula is C21H19Cl2N5O. The van der Waals surface area contributed by atoms with Crippen LogP contribution in [0.5, 0.6) is 5.75 Å². The van der Waals surface area contributed by atoms with E-state index in [4.69, 9.17) is 33.7 Å². The third-order valence-corrected chi connectivity index (χ3v) is 5.53. The number of aliphatic imine (C=N–C) groups is 1. The van der Waals surface area contributed by atoms with Gasteiger partial charge in [-0.15, -0.1) is 0 Å². The highest BCUT2D eigenvalue weighted by atomic mass is 35.5. The van der Waals surface area contributed by atoms with Gasteiger partial charge < -0.3 is 15.4 Å². The number of fused-ring (bicyclic) bond motifs is 1. The quantitative estimate of drug-likeness (QED) is 0.552. The molecule has 0 saturated heterocycles. The van der Waals surface area contributed by atoms with Crippen molar-refractivity contribution in [3.8, 4) is 5.75 Å². The normalized spacial score (nSPS) is 17.4. The molecule has 0 aliphatic carbocycles. The number of aromatic nitrogens is 1. The molecule has 1 aliphatic heterocycles. The Morgan fingerprint density at radius 2 is 1.90 bits per heavy atom. The van der Waals surface area contributed by atoms with Gasteiger partial charge in [-0.1, -0.05) is 41.4 Å². The second-order valence-corrected chi connectivity index (χ2v) is 7.43. The fraction of sp³-hybridized carbons (Fsp3) is 0.143. The largest absolute Gasteiger partial charge is 0.497 e. The molecule has 148 valence electrons. The van der Waals surface area contributed by atoms with Gasteiger partial charge in [0, 0.05) is 17.7 Å². The number of halogens is 2. The van der Waals surface area contributed by atoms with Gasteiger partial charge in [0.25, 0.3) is 0 Å². The highest BCUT2D eigenvalue weighted by Crippen LogP contribution is 2.38.